The molecule has 0 spiro atoms. The summed E-state index contributed by atoms with van der Waals surface area (Å²) in [7, 11) is -1.79. The van der Waals surface area contributed by atoms with Crippen LogP contribution in [0.3, 0.4) is 0 Å². The SMILES string of the molecule is COc1cc(NS(=O)(=O)CCCNC(C)C)ccc1Br. The number of benzene rings is 1. The minimum absolute atomic E-state index is 0.0884. The standard InChI is InChI=1S/C13H21BrN2O3S/c1-10(2)15-7-4-8-20(17,18)16-11-5-6-12(14)13(9-11)19-3/h5-6,9-10,15-16H,4,7-8H2,1-3H3. The van der Waals surface area contributed by atoms with E-state index in [-0.39, 0.29) is 5.75 Å². The topological polar surface area (TPSA) is 67.4 Å². The Kier molecular flexibility index (Phi) is 6.78. The monoisotopic (exact) mass is 364 g/mol. The van der Waals surface area contributed by atoms with Crippen molar-refractivity contribution < 1.29 is 13.2 Å². The van der Waals surface area contributed by atoms with Crippen LogP contribution >= 0.6 is 15.9 Å². The number of ether oxygens (including phenoxy) is 1. The average Bonchev–Trinajstić information content (AvgIpc) is 2.36. The first kappa shape index (κ1) is 17.3. The predicted molar refractivity (Wildman–Crippen MR) is 85.9 cm³/mol. The molecule has 20 heavy (non-hydrogen) atoms. The van der Waals surface area contributed by atoms with E-state index < -0.39 is 10.0 Å². The van der Waals surface area contributed by atoms with Crippen molar-refractivity contribution in [3.63, 3.8) is 0 Å². The number of methoxy groups -OCH3 is 1. The zero-order chi connectivity index (χ0) is 15.2. The molecule has 0 aliphatic rings. The fraction of sp³-hybridized carbons (Fsp3) is 0.538. The predicted octanol–water partition coefficient (Wildman–Crippen LogP) is 2.59. The van der Waals surface area contributed by atoms with Crippen molar-refractivity contribution in [3.05, 3.63) is 22.7 Å². The fourth-order valence-electron chi connectivity index (χ4n) is 1.61. The van der Waals surface area contributed by atoms with Gasteiger partial charge in [0, 0.05) is 12.1 Å². The molecule has 0 atom stereocenters. The number of hydrogen-bond acceptors (Lipinski definition) is 4. The smallest absolute Gasteiger partial charge is 0.232 e. The number of sulfonamides is 1. The van der Waals surface area contributed by atoms with Gasteiger partial charge in [-0.3, -0.25) is 4.72 Å². The van der Waals surface area contributed by atoms with Crippen LogP contribution in [0.4, 0.5) is 5.69 Å². The lowest BCUT2D eigenvalue weighted by Crippen LogP contribution is -2.26. The van der Waals surface area contributed by atoms with E-state index in [4.69, 9.17) is 4.74 Å². The summed E-state index contributed by atoms with van der Waals surface area (Å²) in [5, 5.41) is 3.19. The van der Waals surface area contributed by atoms with Crippen LogP contribution in [0, 0.1) is 0 Å². The highest BCUT2D eigenvalue weighted by Crippen LogP contribution is 2.28. The molecular formula is C13H21BrN2O3S. The molecule has 114 valence electrons. The lowest BCUT2D eigenvalue weighted by atomic mass is 10.3. The Morgan fingerprint density at radius 1 is 1.35 bits per heavy atom. The molecule has 5 nitrogen and oxygen atoms in total. The highest BCUT2D eigenvalue weighted by molar-refractivity contribution is 9.10. The number of nitrogens with one attached hydrogen (secondary N) is 2. The minimum Gasteiger partial charge on any atom is -0.495 e. The van der Waals surface area contributed by atoms with Gasteiger partial charge in [0.2, 0.25) is 10.0 Å². The molecule has 7 heteroatoms. The molecule has 0 aliphatic carbocycles. The molecule has 0 saturated carbocycles. The Bertz CT molecular complexity index is 532. The summed E-state index contributed by atoms with van der Waals surface area (Å²) in [4.78, 5) is 0. The summed E-state index contributed by atoms with van der Waals surface area (Å²) in [6.45, 7) is 4.74. The van der Waals surface area contributed by atoms with Gasteiger partial charge in [-0.15, -0.1) is 0 Å². The molecular weight excluding hydrogens is 344 g/mol. The van der Waals surface area contributed by atoms with E-state index in [9.17, 15) is 8.42 Å². The Labute approximate surface area is 129 Å². The van der Waals surface area contributed by atoms with Crippen molar-refractivity contribution in [2.75, 3.05) is 24.1 Å². The number of halogens is 1. The molecule has 0 aromatic heterocycles. The van der Waals surface area contributed by atoms with Crippen LogP contribution in [-0.2, 0) is 10.0 Å². The maximum atomic E-state index is 11.9. The Morgan fingerprint density at radius 2 is 2.05 bits per heavy atom. The van der Waals surface area contributed by atoms with Crippen molar-refractivity contribution in [1.29, 1.82) is 0 Å². The van der Waals surface area contributed by atoms with Gasteiger partial charge in [-0.05, 0) is 41.0 Å². The second kappa shape index (κ2) is 7.85. The minimum atomic E-state index is -3.33. The zero-order valence-electron chi connectivity index (χ0n) is 11.9. The molecule has 0 heterocycles. The second-order valence-electron chi connectivity index (χ2n) is 4.73. The summed E-state index contributed by atoms with van der Waals surface area (Å²) in [6, 6.07) is 5.45. The second-order valence-corrected chi connectivity index (χ2v) is 7.43. The van der Waals surface area contributed by atoms with Gasteiger partial charge >= 0.3 is 0 Å². The first-order valence-electron chi connectivity index (χ1n) is 6.41. The van der Waals surface area contributed by atoms with Crippen LogP contribution in [-0.4, -0.2) is 33.9 Å². The van der Waals surface area contributed by atoms with Crippen molar-refractivity contribution >= 4 is 31.6 Å². The molecule has 1 aromatic rings. The molecule has 0 amide bonds. The van der Waals surface area contributed by atoms with Gasteiger partial charge in [0.05, 0.1) is 23.0 Å². The van der Waals surface area contributed by atoms with E-state index in [1.54, 1.807) is 18.2 Å². The third-order valence-electron chi connectivity index (χ3n) is 2.57. The Hall–Kier alpha value is -0.790. The van der Waals surface area contributed by atoms with Gasteiger partial charge < -0.3 is 10.1 Å². The Balaban J connectivity index is 2.57. The molecule has 0 radical (unpaired) electrons. The van der Waals surface area contributed by atoms with E-state index in [2.05, 4.69) is 26.0 Å². The van der Waals surface area contributed by atoms with Gasteiger partial charge in [0.15, 0.2) is 0 Å². The van der Waals surface area contributed by atoms with Crippen molar-refractivity contribution in [2.24, 2.45) is 0 Å². The van der Waals surface area contributed by atoms with Crippen LogP contribution < -0.4 is 14.8 Å². The lowest BCUT2D eigenvalue weighted by molar-refractivity contribution is 0.412. The van der Waals surface area contributed by atoms with Crippen LogP contribution in [0.5, 0.6) is 5.75 Å². The zero-order valence-corrected chi connectivity index (χ0v) is 14.3. The summed E-state index contributed by atoms with van der Waals surface area (Å²) in [5.74, 6) is 0.678. The van der Waals surface area contributed by atoms with E-state index in [0.717, 1.165) is 4.47 Å². The molecule has 0 fully saturated rings. The summed E-state index contributed by atoms with van der Waals surface area (Å²) in [5.41, 5.74) is 0.502. The summed E-state index contributed by atoms with van der Waals surface area (Å²) < 4.78 is 32.3. The molecule has 0 unspecified atom stereocenters. The first-order valence-corrected chi connectivity index (χ1v) is 8.86. The van der Waals surface area contributed by atoms with E-state index in [1.807, 2.05) is 13.8 Å². The normalized spacial score (nSPS) is 11.7. The van der Waals surface area contributed by atoms with Crippen LogP contribution in [0.15, 0.2) is 22.7 Å². The van der Waals surface area contributed by atoms with E-state index in [1.165, 1.54) is 7.11 Å². The van der Waals surface area contributed by atoms with E-state index in [0.29, 0.717) is 30.4 Å². The molecule has 1 aromatic carbocycles. The van der Waals surface area contributed by atoms with Gasteiger partial charge in [-0.2, -0.15) is 0 Å². The summed E-state index contributed by atoms with van der Waals surface area (Å²) in [6.07, 6.45) is 0.571. The van der Waals surface area contributed by atoms with Crippen LogP contribution in [0.25, 0.3) is 0 Å². The lowest BCUT2D eigenvalue weighted by Gasteiger charge is -2.11. The summed E-state index contributed by atoms with van der Waals surface area (Å²) >= 11 is 3.32. The van der Waals surface area contributed by atoms with Crippen LogP contribution in [0.2, 0.25) is 0 Å². The average molecular weight is 365 g/mol. The van der Waals surface area contributed by atoms with Gasteiger partial charge in [-0.25, -0.2) is 8.42 Å². The van der Waals surface area contributed by atoms with Crippen LogP contribution in [0.1, 0.15) is 20.3 Å². The number of hydrogen-bond donors (Lipinski definition) is 2. The van der Waals surface area contributed by atoms with Crippen molar-refractivity contribution in [3.8, 4) is 5.75 Å². The third-order valence-corrected chi connectivity index (χ3v) is 4.59. The van der Waals surface area contributed by atoms with Gasteiger partial charge in [0.25, 0.3) is 0 Å². The molecule has 1 rings (SSSR count). The molecule has 2 N–H and O–H groups in total. The third kappa shape index (κ3) is 6.11. The molecule has 0 saturated heterocycles. The maximum Gasteiger partial charge on any atom is 0.232 e. The highest BCUT2D eigenvalue weighted by Gasteiger charge is 2.11. The number of anilines is 1. The largest absolute Gasteiger partial charge is 0.495 e. The van der Waals surface area contributed by atoms with Crippen molar-refractivity contribution in [1.82, 2.24) is 5.32 Å². The van der Waals surface area contributed by atoms with Crippen molar-refractivity contribution in [2.45, 2.75) is 26.3 Å². The molecule has 0 aliphatic heterocycles. The first-order chi connectivity index (χ1) is 9.34. The maximum absolute atomic E-state index is 11.9. The highest BCUT2D eigenvalue weighted by atomic mass is 79.9. The quantitative estimate of drug-likeness (QED) is 0.695. The fourth-order valence-corrected chi connectivity index (χ4v) is 3.13. The molecule has 0 bridgehead atoms. The number of rotatable bonds is 8. The van der Waals surface area contributed by atoms with E-state index >= 15 is 0 Å². The van der Waals surface area contributed by atoms with Gasteiger partial charge in [-0.1, -0.05) is 13.8 Å². The van der Waals surface area contributed by atoms with Gasteiger partial charge in [0.1, 0.15) is 5.75 Å². The Morgan fingerprint density at radius 3 is 2.65 bits per heavy atom.